The number of non-ortho nitro benzene ring substituents is 1. The Bertz CT molecular complexity index is 609. The summed E-state index contributed by atoms with van der Waals surface area (Å²) in [5.41, 5.74) is 0.966. The minimum absolute atomic E-state index is 0.125. The fraction of sp³-hybridized carbons (Fsp3) is 0.231. The van der Waals surface area contributed by atoms with Crippen LogP contribution in [0.3, 0.4) is 0 Å². The number of nitro benzene ring substituents is 1. The van der Waals surface area contributed by atoms with Crippen LogP contribution in [-0.4, -0.2) is 39.9 Å². The highest BCUT2D eigenvalue weighted by Crippen LogP contribution is 2.23. The molecule has 1 heterocycles. The number of carbonyl (C=O) groups excluding carboxylic acids is 1. The number of hydrogen-bond acceptors (Lipinski definition) is 4. The molecular weight excluding hydrogens is 264 g/mol. The molecule has 1 aromatic rings. The maximum absolute atomic E-state index is 12.2. The first-order chi connectivity index (χ1) is 9.49. The van der Waals surface area contributed by atoms with Gasteiger partial charge < -0.3 is 10.0 Å². The maximum Gasteiger partial charge on any atom is 0.328 e. The Morgan fingerprint density at radius 2 is 2.25 bits per heavy atom. The quantitative estimate of drug-likeness (QED) is 0.506. The van der Waals surface area contributed by atoms with Crippen LogP contribution in [0.4, 0.5) is 5.69 Å². The maximum atomic E-state index is 12.2. The number of rotatable bonds is 4. The lowest BCUT2D eigenvalue weighted by molar-refractivity contribution is -0.384. The molecule has 7 heteroatoms. The third-order valence-corrected chi connectivity index (χ3v) is 3.06. The van der Waals surface area contributed by atoms with Crippen molar-refractivity contribution in [2.45, 2.75) is 6.42 Å². The van der Waals surface area contributed by atoms with Crippen LogP contribution < -0.4 is 0 Å². The first-order valence-corrected chi connectivity index (χ1v) is 5.95. The molecule has 1 amide bonds. The van der Waals surface area contributed by atoms with E-state index in [1.807, 2.05) is 0 Å². The Balaban J connectivity index is 2.21. The molecule has 1 N–H and O–H groups in total. The van der Waals surface area contributed by atoms with Crippen LogP contribution in [0.15, 0.2) is 30.4 Å². The van der Waals surface area contributed by atoms with E-state index in [-0.39, 0.29) is 18.1 Å². The predicted octanol–water partition coefficient (Wildman–Crippen LogP) is 1.23. The van der Waals surface area contributed by atoms with Gasteiger partial charge in [0.1, 0.15) is 0 Å². The van der Waals surface area contributed by atoms with Crippen LogP contribution in [0.5, 0.6) is 0 Å². The zero-order valence-corrected chi connectivity index (χ0v) is 10.5. The van der Waals surface area contributed by atoms with Crippen LogP contribution >= 0.6 is 0 Å². The molecule has 104 valence electrons. The minimum atomic E-state index is -1.08. The van der Waals surface area contributed by atoms with Crippen LogP contribution in [0.1, 0.15) is 15.9 Å². The van der Waals surface area contributed by atoms with Gasteiger partial charge in [-0.25, -0.2) is 4.79 Å². The Morgan fingerprint density at radius 3 is 2.90 bits per heavy atom. The van der Waals surface area contributed by atoms with Crippen LogP contribution in [0.25, 0.3) is 0 Å². The summed E-state index contributed by atoms with van der Waals surface area (Å²) in [7, 11) is 0. The second-order valence-corrected chi connectivity index (χ2v) is 4.34. The number of benzene rings is 1. The van der Waals surface area contributed by atoms with Gasteiger partial charge in [-0.2, -0.15) is 0 Å². The molecule has 0 unspecified atom stereocenters. The molecule has 0 spiro atoms. The van der Waals surface area contributed by atoms with Gasteiger partial charge in [-0.1, -0.05) is 12.1 Å². The highest BCUT2D eigenvalue weighted by atomic mass is 16.6. The van der Waals surface area contributed by atoms with E-state index >= 15 is 0 Å². The van der Waals surface area contributed by atoms with E-state index < -0.39 is 10.9 Å². The average molecular weight is 276 g/mol. The van der Waals surface area contributed by atoms with Crippen molar-refractivity contribution in [1.82, 2.24) is 4.90 Å². The molecule has 1 aromatic carbocycles. The van der Waals surface area contributed by atoms with Crippen molar-refractivity contribution in [3.05, 3.63) is 51.6 Å². The van der Waals surface area contributed by atoms with Gasteiger partial charge in [0.2, 0.25) is 0 Å². The lowest BCUT2D eigenvalue weighted by Crippen LogP contribution is -2.37. The van der Waals surface area contributed by atoms with Crippen LogP contribution in [0, 0.1) is 10.1 Å². The summed E-state index contributed by atoms with van der Waals surface area (Å²) in [6, 6.07) is 4.24. The monoisotopic (exact) mass is 276 g/mol. The summed E-state index contributed by atoms with van der Waals surface area (Å²) >= 11 is 0. The van der Waals surface area contributed by atoms with Crippen molar-refractivity contribution < 1.29 is 19.6 Å². The smallest absolute Gasteiger partial charge is 0.328 e. The molecule has 2 rings (SSSR count). The first-order valence-electron chi connectivity index (χ1n) is 5.95. The van der Waals surface area contributed by atoms with Gasteiger partial charge >= 0.3 is 5.97 Å². The fourth-order valence-corrected chi connectivity index (χ4v) is 2.08. The Labute approximate surface area is 114 Å². The van der Waals surface area contributed by atoms with E-state index in [1.54, 1.807) is 6.07 Å². The number of carboxylic acids is 1. The SMILES string of the molecule is O=C(O)C=CCN1CCc2ccc([N+](=O)[O-])cc2C1=O. The van der Waals surface area contributed by atoms with Crippen molar-refractivity contribution in [3.63, 3.8) is 0 Å². The van der Waals surface area contributed by atoms with Crippen molar-refractivity contribution in [2.75, 3.05) is 13.1 Å². The van der Waals surface area contributed by atoms with Gasteiger partial charge in [-0.05, 0) is 12.0 Å². The van der Waals surface area contributed by atoms with E-state index in [4.69, 9.17) is 5.11 Å². The van der Waals surface area contributed by atoms with E-state index in [0.29, 0.717) is 18.5 Å². The molecule has 1 aliphatic rings. The number of carboxylic acid groups (broad SMARTS) is 1. The minimum Gasteiger partial charge on any atom is -0.478 e. The van der Waals surface area contributed by atoms with Crippen LogP contribution in [0.2, 0.25) is 0 Å². The van der Waals surface area contributed by atoms with E-state index in [9.17, 15) is 19.7 Å². The number of amides is 1. The van der Waals surface area contributed by atoms with Gasteiger partial charge in [0.05, 0.1) is 4.92 Å². The third kappa shape index (κ3) is 2.82. The molecule has 0 saturated carbocycles. The van der Waals surface area contributed by atoms with Crippen molar-refractivity contribution in [3.8, 4) is 0 Å². The molecule has 0 atom stereocenters. The van der Waals surface area contributed by atoms with Crippen molar-refractivity contribution in [2.24, 2.45) is 0 Å². The number of fused-ring (bicyclic) bond motifs is 1. The number of nitrogens with zero attached hydrogens (tertiary/aromatic N) is 2. The summed E-state index contributed by atoms with van der Waals surface area (Å²) in [6.45, 7) is 0.640. The molecule has 0 saturated heterocycles. The Hall–Kier alpha value is -2.70. The van der Waals surface area contributed by atoms with Gasteiger partial charge in [0.25, 0.3) is 11.6 Å². The molecular formula is C13H12N2O5. The normalized spacial score (nSPS) is 14.4. The second kappa shape index (κ2) is 5.52. The zero-order chi connectivity index (χ0) is 14.7. The summed E-state index contributed by atoms with van der Waals surface area (Å²) in [6.07, 6.45) is 2.94. The highest BCUT2D eigenvalue weighted by molar-refractivity contribution is 5.97. The lowest BCUT2D eigenvalue weighted by Gasteiger charge is -2.27. The Kier molecular flexibility index (Phi) is 3.79. The lowest BCUT2D eigenvalue weighted by atomic mass is 9.98. The Morgan fingerprint density at radius 1 is 1.50 bits per heavy atom. The summed E-state index contributed by atoms with van der Waals surface area (Å²) in [5, 5.41) is 19.2. The fourth-order valence-electron chi connectivity index (χ4n) is 2.08. The summed E-state index contributed by atoms with van der Waals surface area (Å²) in [4.78, 5) is 34.2. The average Bonchev–Trinajstić information content (AvgIpc) is 2.40. The predicted molar refractivity (Wildman–Crippen MR) is 69.5 cm³/mol. The molecule has 7 nitrogen and oxygen atoms in total. The van der Waals surface area contributed by atoms with Crippen molar-refractivity contribution >= 4 is 17.6 Å². The number of carbonyl (C=O) groups is 2. The summed E-state index contributed by atoms with van der Waals surface area (Å²) < 4.78 is 0. The molecule has 0 aliphatic carbocycles. The second-order valence-electron chi connectivity index (χ2n) is 4.34. The highest BCUT2D eigenvalue weighted by Gasteiger charge is 2.25. The third-order valence-electron chi connectivity index (χ3n) is 3.06. The number of hydrogen-bond donors (Lipinski definition) is 1. The standard InChI is InChI=1S/C13H12N2O5/c16-12(17)2-1-6-14-7-5-9-3-4-10(15(19)20)8-11(9)13(14)18/h1-4,8H,5-7H2,(H,16,17). The molecule has 0 aromatic heterocycles. The molecule has 20 heavy (non-hydrogen) atoms. The molecule has 1 aliphatic heterocycles. The summed E-state index contributed by atoms with van der Waals surface area (Å²) in [5.74, 6) is -1.39. The zero-order valence-electron chi connectivity index (χ0n) is 10.5. The van der Waals surface area contributed by atoms with Gasteiger partial charge in [0, 0.05) is 36.9 Å². The number of nitro groups is 1. The van der Waals surface area contributed by atoms with Gasteiger partial charge in [0.15, 0.2) is 0 Å². The van der Waals surface area contributed by atoms with Gasteiger partial charge in [-0.3, -0.25) is 14.9 Å². The van der Waals surface area contributed by atoms with Crippen LogP contribution in [-0.2, 0) is 11.2 Å². The van der Waals surface area contributed by atoms with Gasteiger partial charge in [-0.15, -0.1) is 0 Å². The topological polar surface area (TPSA) is 101 Å². The molecule has 0 radical (unpaired) electrons. The number of aliphatic carboxylic acids is 1. The van der Waals surface area contributed by atoms with Crippen molar-refractivity contribution in [1.29, 1.82) is 0 Å². The largest absolute Gasteiger partial charge is 0.478 e. The van der Waals surface area contributed by atoms with E-state index in [1.165, 1.54) is 23.1 Å². The first kappa shape index (κ1) is 13.7. The van der Waals surface area contributed by atoms with E-state index in [2.05, 4.69) is 0 Å². The molecule has 0 bridgehead atoms. The molecule has 0 fully saturated rings. The van der Waals surface area contributed by atoms with E-state index in [0.717, 1.165) is 11.6 Å².